The van der Waals surface area contributed by atoms with Crippen molar-refractivity contribution in [1.82, 2.24) is 0 Å². The van der Waals surface area contributed by atoms with E-state index in [2.05, 4.69) is 10.0 Å². The number of hydrogen-bond donors (Lipinski definition) is 1. The second kappa shape index (κ2) is 76.7. The Labute approximate surface area is 482 Å². The number of nitrogens with zero attached hydrogens (tertiary/aromatic N) is 3. The SMILES string of the molecule is [Ar].[N-]=[N+]=NCCOCCOCCOCCOCCOCCOCCOCCOCCOCCOCCOCCOCCOCCOCCOCCOCCOCCOCCOCCOCCOCCOCCOCCN. The minimum absolute atomic E-state index is 0. The normalized spacial score (nSPS) is 11.4. The summed E-state index contributed by atoms with van der Waals surface area (Å²) in [5.74, 6) is 0. The summed E-state index contributed by atoms with van der Waals surface area (Å²) in [6, 6.07) is 0. The molecule has 0 saturated heterocycles. The summed E-state index contributed by atoms with van der Waals surface area (Å²) in [6.07, 6.45) is 0. The summed E-state index contributed by atoms with van der Waals surface area (Å²) >= 11 is 0. The molecule has 0 aliphatic carbocycles. The van der Waals surface area contributed by atoms with Crippen molar-refractivity contribution in [2.24, 2.45) is 10.8 Å². The molecule has 0 rings (SSSR count). The van der Waals surface area contributed by atoms with Gasteiger partial charge in [-0.25, -0.2) is 0 Å². The number of ether oxygens (including phenoxy) is 23. The van der Waals surface area contributed by atoms with Gasteiger partial charge in [0.05, 0.1) is 304 Å². The molecule has 0 bridgehead atoms. The Morgan fingerprint density at radius 1 is 0.197 bits per heavy atom. The molecule has 0 atom stereocenters. The third kappa shape index (κ3) is 75.7. The van der Waals surface area contributed by atoms with Crippen LogP contribution in [0.15, 0.2) is 5.11 Å². The average Bonchev–Trinajstić information content (AvgIpc) is 3.42. The van der Waals surface area contributed by atoms with Crippen LogP contribution in [0.1, 0.15) is 0 Å². The molecule has 0 heterocycles. The molecule has 0 amide bonds. The largest absolute Gasteiger partial charge is 0.379 e. The van der Waals surface area contributed by atoms with Gasteiger partial charge in [-0.15, -0.1) is 0 Å². The second-order valence-electron chi connectivity index (χ2n) is 14.8. The van der Waals surface area contributed by atoms with Gasteiger partial charge in [0.2, 0.25) is 0 Å². The van der Waals surface area contributed by atoms with Crippen LogP contribution in [-0.4, -0.2) is 317 Å². The van der Waals surface area contributed by atoms with Crippen LogP contribution in [0.5, 0.6) is 0 Å². The van der Waals surface area contributed by atoms with E-state index < -0.39 is 0 Å². The molecule has 28 heteroatoms. The van der Waals surface area contributed by atoms with Gasteiger partial charge in [-0.3, -0.25) is 0 Å². The fourth-order valence-electron chi connectivity index (χ4n) is 5.17. The van der Waals surface area contributed by atoms with Gasteiger partial charge in [-0.1, -0.05) is 5.11 Å². The van der Waals surface area contributed by atoms with Crippen molar-refractivity contribution in [2.75, 3.05) is 317 Å². The van der Waals surface area contributed by atoms with Gasteiger partial charge in [-0.05, 0) is 5.53 Å². The summed E-state index contributed by atoms with van der Waals surface area (Å²) < 4.78 is 126. The molecule has 0 spiro atoms. The van der Waals surface area contributed by atoms with E-state index in [1.807, 2.05) is 0 Å². The molecule has 0 aliphatic heterocycles. The van der Waals surface area contributed by atoms with Crippen molar-refractivity contribution in [3.8, 4) is 0 Å². The number of hydrogen-bond acceptors (Lipinski definition) is 25. The number of rotatable bonds is 71. The maximum absolute atomic E-state index is 8.17. The first-order valence-corrected chi connectivity index (χ1v) is 26.4. The second-order valence-corrected chi connectivity index (χ2v) is 14.8. The smallest absolute Gasteiger partial charge is 0.0701 e. The minimum Gasteiger partial charge on any atom is -0.379 e. The van der Waals surface area contributed by atoms with Crippen LogP contribution < -0.4 is 5.73 Å². The summed E-state index contributed by atoms with van der Waals surface area (Å²) in [7, 11) is 0. The molecular weight excluding hydrogens is 1040 g/mol. The first-order chi connectivity index (χ1) is 37.4. The van der Waals surface area contributed by atoms with Crippen LogP contribution in [0.4, 0.5) is 0 Å². The maximum Gasteiger partial charge on any atom is 0.0701 e. The molecule has 0 saturated carbocycles. The Morgan fingerprint density at radius 2 is 0.303 bits per heavy atom. The van der Waals surface area contributed by atoms with Crippen molar-refractivity contribution < 1.29 is 147 Å². The zero-order valence-electron chi connectivity index (χ0n) is 45.6. The Balaban J connectivity index is 0. The van der Waals surface area contributed by atoms with Crippen LogP contribution in [0, 0.1) is 37.7 Å². The summed E-state index contributed by atoms with van der Waals surface area (Å²) in [6.45, 7) is 23.4. The van der Waals surface area contributed by atoms with E-state index in [-0.39, 0.29) is 37.7 Å². The molecule has 0 radical (unpaired) electrons. The Hall–Kier alpha value is -0.390. The van der Waals surface area contributed by atoms with E-state index in [1.54, 1.807) is 0 Å². The van der Waals surface area contributed by atoms with E-state index >= 15 is 0 Å². The van der Waals surface area contributed by atoms with Crippen LogP contribution >= 0.6 is 0 Å². The maximum atomic E-state index is 8.17. The van der Waals surface area contributed by atoms with Crippen molar-refractivity contribution >= 4 is 0 Å². The van der Waals surface area contributed by atoms with E-state index in [1.165, 1.54) is 0 Å². The molecule has 0 aromatic carbocycles. The molecule has 0 aliphatic rings. The van der Waals surface area contributed by atoms with Gasteiger partial charge in [0.1, 0.15) is 0 Å². The van der Waals surface area contributed by atoms with Gasteiger partial charge in [-0.2, -0.15) is 0 Å². The zero-order valence-corrected chi connectivity index (χ0v) is 46.3. The van der Waals surface area contributed by atoms with Gasteiger partial charge in [0.15, 0.2) is 0 Å². The van der Waals surface area contributed by atoms with Crippen LogP contribution in [0.2, 0.25) is 0 Å². The van der Waals surface area contributed by atoms with E-state index in [4.69, 9.17) is 120 Å². The van der Waals surface area contributed by atoms with Gasteiger partial charge in [0.25, 0.3) is 0 Å². The monoisotopic (exact) mass is 1140 g/mol. The standard InChI is InChI=1S/C48H98N4O23.Ar/c49-1-3-53-5-7-55-9-11-57-13-15-59-17-19-61-21-23-63-25-27-65-29-31-67-33-35-69-37-39-71-41-43-73-45-47-75-48-46-74-44-42-72-40-38-70-36-34-68-32-30-66-28-26-64-24-22-62-20-18-60-16-14-58-12-10-56-8-6-54-4-2-51-52-50;/h1-49H2;. The molecule has 76 heavy (non-hydrogen) atoms. The van der Waals surface area contributed by atoms with E-state index in [9.17, 15) is 0 Å². The van der Waals surface area contributed by atoms with E-state index in [0.717, 1.165) is 0 Å². The number of azide groups is 1. The molecule has 27 nitrogen and oxygen atoms in total. The van der Waals surface area contributed by atoms with Crippen molar-refractivity contribution in [1.29, 1.82) is 0 Å². The quantitative estimate of drug-likeness (QED) is 0.0378. The first kappa shape index (κ1) is 77.7. The predicted octanol–water partition coefficient (Wildman–Crippen LogP) is 0.637. The fourth-order valence-corrected chi connectivity index (χ4v) is 5.17. The average molecular weight is 1140 g/mol. The minimum atomic E-state index is 0. The topological polar surface area (TPSA) is 287 Å². The molecular formula is C48H98ArN4O23. The zero-order chi connectivity index (χ0) is 53.6. The summed E-state index contributed by atoms with van der Waals surface area (Å²) in [5, 5.41) is 3.38. The Kier molecular flexibility index (Phi) is 78.4. The predicted molar refractivity (Wildman–Crippen MR) is 272 cm³/mol. The van der Waals surface area contributed by atoms with Gasteiger partial charge >= 0.3 is 0 Å². The molecule has 0 fully saturated rings. The van der Waals surface area contributed by atoms with Gasteiger partial charge < -0.3 is 115 Å². The van der Waals surface area contributed by atoms with Gasteiger partial charge in [0, 0.05) is 55.7 Å². The molecule has 456 valence electrons. The van der Waals surface area contributed by atoms with Crippen LogP contribution in [-0.2, 0) is 109 Å². The third-order valence-electron chi connectivity index (χ3n) is 8.85. The molecule has 2 N–H and O–H groups in total. The van der Waals surface area contributed by atoms with Crippen molar-refractivity contribution in [3.05, 3.63) is 10.4 Å². The first-order valence-electron chi connectivity index (χ1n) is 26.4. The summed E-state index contributed by atoms with van der Waals surface area (Å²) in [5.41, 5.74) is 13.5. The number of nitrogens with two attached hydrogens (primary N) is 1. The summed E-state index contributed by atoms with van der Waals surface area (Å²) in [4.78, 5) is 2.65. The Morgan fingerprint density at radius 3 is 0.408 bits per heavy atom. The third-order valence-corrected chi connectivity index (χ3v) is 8.85. The van der Waals surface area contributed by atoms with Crippen LogP contribution in [0.25, 0.3) is 10.4 Å². The van der Waals surface area contributed by atoms with E-state index in [0.29, 0.717) is 317 Å². The van der Waals surface area contributed by atoms with Crippen LogP contribution in [0.3, 0.4) is 0 Å². The molecule has 0 aromatic heterocycles. The fraction of sp³-hybridized carbons (Fsp3) is 1.00. The molecule has 0 aromatic rings. The molecule has 0 unspecified atom stereocenters. The van der Waals surface area contributed by atoms with Crippen molar-refractivity contribution in [2.45, 2.75) is 0 Å². The van der Waals surface area contributed by atoms with Crippen molar-refractivity contribution in [3.63, 3.8) is 0 Å². The Bertz CT molecular complexity index is 1080.